The fraction of sp³-hybridized carbons (Fsp3) is 0.417. The van der Waals surface area contributed by atoms with E-state index in [1.807, 2.05) is 0 Å². The number of non-ortho nitro benzene ring substituents is 1. The topological polar surface area (TPSA) is 127 Å². The number of carbonyl (C=O) groups is 1. The standard InChI is InChI=1S/C12H16N2O6S/c1-3-12(2,11(15)16)13-21(19,20)8-9-4-6-10(7-5-9)14(17)18/h4-7,13H,3,8H2,1-2H3,(H,15,16). The molecule has 0 radical (unpaired) electrons. The van der Waals surface area contributed by atoms with E-state index in [4.69, 9.17) is 5.11 Å². The molecule has 116 valence electrons. The van der Waals surface area contributed by atoms with Crippen LogP contribution in [0.15, 0.2) is 24.3 Å². The minimum atomic E-state index is -3.88. The highest BCUT2D eigenvalue weighted by atomic mass is 32.2. The zero-order valence-electron chi connectivity index (χ0n) is 11.6. The third kappa shape index (κ3) is 4.50. The van der Waals surface area contributed by atoms with Crippen LogP contribution in [0.3, 0.4) is 0 Å². The summed E-state index contributed by atoms with van der Waals surface area (Å²) >= 11 is 0. The Morgan fingerprint density at radius 2 is 1.90 bits per heavy atom. The highest BCUT2D eigenvalue weighted by Crippen LogP contribution is 2.16. The lowest BCUT2D eigenvalue weighted by atomic mass is 10.0. The monoisotopic (exact) mass is 316 g/mol. The zero-order chi connectivity index (χ0) is 16.3. The van der Waals surface area contributed by atoms with Gasteiger partial charge in [0.25, 0.3) is 5.69 Å². The van der Waals surface area contributed by atoms with Crippen LogP contribution >= 0.6 is 0 Å². The minimum Gasteiger partial charge on any atom is -0.480 e. The first-order valence-corrected chi connectivity index (χ1v) is 7.73. The van der Waals surface area contributed by atoms with Gasteiger partial charge >= 0.3 is 5.97 Å². The molecule has 0 aliphatic rings. The number of sulfonamides is 1. The molecule has 1 atom stereocenters. The summed E-state index contributed by atoms with van der Waals surface area (Å²) in [5, 5.41) is 19.6. The van der Waals surface area contributed by atoms with Crippen LogP contribution in [0.4, 0.5) is 5.69 Å². The molecule has 0 fully saturated rings. The van der Waals surface area contributed by atoms with Gasteiger partial charge in [0.15, 0.2) is 0 Å². The van der Waals surface area contributed by atoms with Gasteiger partial charge in [0.1, 0.15) is 5.54 Å². The fourth-order valence-corrected chi connectivity index (χ4v) is 3.20. The molecule has 1 aromatic carbocycles. The number of carboxylic acids is 1. The fourth-order valence-electron chi connectivity index (χ4n) is 1.58. The third-order valence-corrected chi connectivity index (χ3v) is 4.54. The van der Waals surface area contributed by atoms with E-state index in [1.54, 1.807) is 6.92 Å². The van der Waals surface area contributed by atoms with E-state index in [-0.39, 0.29) is 12.1 Å². The maximum absolute atomic E-state index is 12.0. The van der Waals surface area contributed by atoms with Crippen molar-refractivity contribution in [2.45, 2.75) is 31.6 Å². The highest BCUT2D eigenvalue weighted by Gasteiger charge is 2.35. The van der Waals surface area contributed by atoms with Gasteiger partial charge in [-0.2, -0.15) is 4.72 Å². The largest absolute Gasteiger partial charge is 0.480 e. The number of nitrogens with one attached hydrogen (secondary N) is 1. The van der Waals surface area contributed by atoms with Crippen molar-refractivity contribution in [3.63, 3.8) is 0 Å². The number of aliphatic carboxylic acids is 1. The van der Waals surface area contributed by atoms with Crippen LogP contribution in [-0.2, 0) is 20.6 Å². The quantitative estimate of drug-likeness (QED) is 0.576. The predicted octanol–water partition coefficient (Wildman–Crippen LogP) is 1.27. The number of hydrogen-bond acceptors (Lipinski definition) is 5. The summed E-state index contributed by atoms with van der Waals surface area (Å²) in [6, 6.07) is 5.03. The van der Waals surface area contributed by atoms with Crippen LogP contribution in [0, 0.1) is 10.1 Å². The Morgan fingerprint density at radius 1 is 1.38 bits per heavy atom. The zero-order valence-corrected chi connectivity index (χ0v) is 12.4. The Labute approximate surface area is 122 Å². The van der Waals surface area contributed by atoms with Gasteiger partial charge in [-0.05, 0) is 18.9 Å². The van der Waals surface area contributed by atoms with Crippen molar-refractivity contribution in [3.05, 3.63) is 39.9 Å². The van der Waals surface area contributed by atoms with Crippen molar-refractivity contribution in [3.8, 4) is 0 Å². The van der Waals surface area contributed by atoms with Crippen LogP contribution in [0.5, 0.6) is 0 Å². The Hall–Kier alpha value is -2.00. The lowest BCUT2D eigenvalue weighted by Gasteiger charge is -2.24. The summed E-state index contributed by atoms with van der Waals surface area (Å²) in [7, 11) is -3.88. The van der Waals surface area contributed by atoms with E-state index in [2.05, 4.69) is 4.72 Å². The van der Waals surface area contributed by atoms with Gasteiger partial charge in [-0.25, -0.2) is 8.42 Å². The molecule has 0 aliphatic heterocycles. The van der Waals surface area contributed by atoms with E-state index >= 15 is 0 Å². The summed E-state index contributed by atoms with van der Waals surface area (Å²) in [4.78, 5) is 21.0. The Bertz CT molecular complexity index is 640. The van der Waals surface area contributed by atoms with Crippen LogP contribution in [0.1, 0.15) is 25.8 Å². The number of benzene rings is 1. The summed E-state index contributed by atoms with van der Waals surface area (Å²) in [5.41, 5.74) is -1.40. The molecule has 0 aliphatic carbocycles. The normalized spacial score (nSPS) is 14.4. The average Bonchev–Trinajstić information content (AvgIpc) is 2.37. The highest BCUT2D eigenvalue weighted by molar-refractivity contribution is 7.88. The summed E-state index contributed by atoms with van der Waals surface area (Å²) in [5.74, 6) is -1.72. The van der Waals surface area contributed by atoms with Crippen LogP contribution < -0.4 is 4.72 Å². The van der Waals surface area contributed by atoms with Crippen molar-refractivity contribution in [1.29, 1.82) is 0 Å². The Balaban J connectivity index is 2.90. The average molecular weight is 316 g/mol. The number of hydrogen-bond donors (Lipinski definition) is 2. The molecule has 1 aromatic rings. The molecule has 1 unspecified atom stereocenters. The second-order valence-electron chi connectivity index (χ2n) is 4.78. The smallest absolute Gasteiger partial charge is 0.324 e. The Morgan fingerprint density at radius 3 is 2.29 bits per heavy atom. The van der Waals surface area contributed by atoms with Gasteiger partial charge in [0, 0.05) is 12.1 Å². The maximum atomic E-state index is 12.0. The molecule has 0 saturated carbocycles. The van der Waals surface area contributed by atoms with Gasteiger partial charge in [0.05, 0.1) is 10.7 Å². The van der Waals surface area contributed by atoms with Gasteiger partial charge in [-0.15, -0.1) is 0 Å². The second kappa shape index (κ2) is 6.19. The maximum Gasteiger partial charge on any atom is 0.324 e. The van der Waals surface area contributed by atoms with Crippen LogP contribution in [0.2, 0.25) is 0 Å². The lowest BCUT2D eigenvalue weighted by Crippen LogP contribution is -2.51. The number of nitro benzene ring substituents is 1. The summed E-state index contributed by atoms with van der Waals surface area (Å²) in [6.07, 6.45) is 0.0851. The first-order valence-electron chi connectivity index (χ1n) is 6.08. The van der Waals surface area contributed by atoms with Gasteiger partial charge < -0.3 is 5.11 Å². The van der Waals surface area contributed by atoms with E-state index in [0.29, 0.717) is 5.56 Å². The molecule has 2 N–H and O–H groups in total. The van der Waals surface area contributed by atoms with E-state index < -0.39 is 32.2 Å². The van der Waals surface area contributed by atoms with Crippen molar-refractivity contribution in [2.75, 3.05) is 0 Å². The minimum absolute atomic E-state index is 0.0851. The van der Waals surface area contributed by atoms with Gasteiger partial charge in [0.2, 0.25) is 10.0 Å². The number of carboxylic acid groups (broad SMARTS) is 1. The second-order valence-corrected chi connectivity index (χ2v) is 6.50. The molecule has 1 rings (SSSR count). The predicted molar refractivity (Wildman–Crippen MR) is 75.2 cm³/mol. The third-order valence-electron chi connectivity index (χ3n) is 3.06. The van der Waals surface area contributed by atoms with Crippen molar-refractivity contribution >= 4 is 21.7 Å². The molecule has 9 heteroatoms. The van der Waals surface area contributed by atoms with E-state index in [0.717, 1.165) is 0 Å². The molecular formula is C12H16N2O6S. The van der Waals surface area contributed by atoms with Crippen molar-refractivity contribution in [1.82, 2.24) is 4.72 Å². The van der Waals surface area contributed by atoms with Gasteiger partial charge in [-0.3, -0.25) is 14.9 Å². The molecular weight excluding hydrogens is 300 g/mol. The first-order chi connectivity index (χ1) is 9.59. The first kappa shape index (κ1) is 17.1. The SMILES string of the molecule is CCC(C)(NS(=O)(=O)Cc1ccc([N+](=O)[O-])cc1)C(=O)O. The van der Waals surface area contributed by atoms with Crippen molar-refractivity contribution < 1.29 is 23.2 Å². The van der Waals surface area contributed by atoms with Crippen LogP contribution in [0.25, 0.3) is 0 Å². The number of nitro groups is 1. The number of rotatable bonds is 7. The van der Waals surface area contributed by atoms with E-state index in [1.165, 1.54) is 31.2 Å². The Kier molecular flexibility index (Phi) is 5.02. The molecule has 0 aromatic heterocycles. The molecule has 0 spiro atoms. The molecule has 0 bridgehead atoms. The van der Waals surface area contributed by atoms with Crippen molar-refractivity contribution in [2.24, 2.45) is 0 Å². The molecule has 0 heterocycles. The molecule has 8 nitrogen and oxygen atoms in total. The molecule has 0 amide bonds. The van der Waals surface area contributed by atoms with Crippen LogP contribution in [-0.4, -0.2) is 30.0 Å². The molecule has 0 saturated heterocycles. The van der Waals surface area contributed by atoms with E-state index in [9.17, 15) is 23.3 Å². The number of nitrogens with zero attached hydrogens (tertiary/aromatic N) is 1. The summed E-state index contributed by atoms with van der Waals surface area (Å²) in [6.45, 7) is 2.84. The van der Waals surface area contributed by atoms with Gasteiger partial charge in [-0.1, -0.05) is 19.1 Å². The lowest BCUT2D eigenvalue weighted by molar-refractivity contribution is -0.384. The molecule has 21 heavy (non-hydrogen) atoms. The summed E-state index contributed by atoms with van der Waals surface area (Å²) < 4.78 is 26.1.